The Labute approximate surface area is 139 Å². The van der Waals surface area contributed by atoms with E-state index in [0.717, 1.165) is 12.1 Å². The van der Waals surface area contributed by atoms with Gasteiger partial charge in [-0.1, -0.05) is 31.6 Å². The number of nitrogens with one attached hydrogen (secondary N) is 1. The van der Waals surface area contributed by atoms with Crippen molar-refractivity contribution in [2.45, 2.75) is 40.2 Å². The second kappa shape index (κ2) is 8.25. The van der Waals surface area contributed by atoms with Crippen LogP contribution in [0, 0.1) is 23.7 Å². The molecule has 4 nitrogen and oxygen atoms in total. The third-order valence-electron chi connectivity index (χ3n) is 4.92. The SMILES string of the molecule is CC1=CC(CO)C(C(C)C)CC1CC(=O)NCc1ccccn1. The molecule has 3 unspecified atom stereocenters. The maximum absolute atomic E-state index is 12.2. The van der Waals surface area contributed by atoms with Crippen molar-refractivity contribution in [3.63, 3.8) is 0 Å². The molecule has 0 aliphatic heterocycles. The van der Waals surface area contributed by atoms with E-state index in [4.69, 9.17) is 0 Å². The zero-order valence-electron chi connectivity index (χ0n) is 14.3. The number of amides is 1. The maximum Gasteiger partial charge on any atom is 0.220 e. The van der Waals surface area contributed by atoms with Crippen molar-refractivity contribution in [2.24, 2.45) is 23.7 Å². The van der Waals surface area contributed by atoms with Gasteiger partial charge in [-0.2, -0.15) is 0 Å². The van der Waals surface area contributed by atoms with Gasteiger partial charge in [0.2, 0.25) is 5.91 Å². The quantitative estimate of drug-likeness (QED) is 0.793. The lowest BCUT2D eigenvalue weighted by Crippen LogP contribution is -2.32. The molecule has 0 aromatic carbocycles. The minimum Gasteiger partial charge on any atom is -0.396 e. The van der Waals surface area contributed by atoms with Crippen LogP contribution in [0.25, 0.3) is 0 Å². The molecule has 1 heterocycles. The normalized spacial score (nSPS) is 24.4. The zero-order valence-corrected chi connectivity index (χ0v) is 14.3. The van der Waals surface area contributed by atoms with E-state index >= 15 is 0 Å². The number of aliphatic hydroxyl groups is 1. The van der Waals surface area contributed by atoms with Crippen LogP contribution >= 0.6 is 0 Å². The second-order valence-corrected chi connectivity index (χ2v) is 6.90. The van der Waals surface area contributed by atoms with Crippen LogP contribution < -0.4 is 5.32 Å². The van der Waals surface area contributed by atoms with Crippen LogP contribution in [-0.4, -0.2) is 22.6 Å². The highest BCUT2D eigenvalue weighted by atomic mass is 16.3. The fraction of sp³-hybridized carbons (Fsp3) is 0.579. The van der Waals surface area contributed by atoms with Crippen LogP contribution in [0.15, 0.2) is 36.0 Å². The van der Waals surface area contributed by atoms with Gasteiger partial charge in [0.1, 0.15) is 0 Å². The van der Waals surface area contributed by atoms with Gasteiger partial charge in [-0.25, -0.2) is 0 Å². The highest BCUT2D eigenvalue weighted by Gasteiger charge is 2.32. The van der Waals surface area contributed by atoms with E-state index in [0.29, 0.717) is 24.8 Å². The highest BCUT2D eigenvalue weighted by Crippen LogP contribution is 2.38. The first kappa shape index (κ1) is 17.7. The van der Waals surface area contributed by atoms with Crippen LogP contribution in [0.3, 0.4) is 0 Å². The van der Waals surface area contributed by atoms with Gasteiger partial charge in [0.05, 0.1) is 12.2 Å². The summed E-state index contributed by atoms with van der Waals surface area (Å²) in [5.74, 6) is 1.52. The molecule has 1 aromatic rings. The Morgan fingerprint density at radius 3 is 2.83 bits per heavy atom. The Balaban J connectivity index is 1.92. The highest BCUT2D eigenvalue weighted by molar-refractivity contribution is 5.76. The molecule has 0 spiro atoms. The summed E-state index contributed by atoms with van der Waals surface area (Å²) in [6, 6.07) is 5.70. The van der Waals surface area contributed by atoms with E-state index in [2.05, 4.69) is 37.1 Å². The zero-order chi connectivity index (χ0) is 16.8. The second-order valence-electron chi connectivity index (χ2n) is 6.90. The van der Waals surface area contributed by atoms with E-state index in [9.17, 15) is 9.90 Å². The van der Waals surface area contributed by atoms with Gasteiger partial charge in [-0.05, 0) is 43.2 Å². The summed E-state index contributed by atoms with van der Waals surface area (Å²) in [6.07, 6.45) is 5.39. The summed E-state index contributed by atoms with van der Waals surface area (Å²) in [6.45, 7) is 7.14. The lowest BCUT2D eigenvalue weighted by molar-refractivity contribution is -0.122. The Kier molecular flexibility index (Phi) is 6.34. The van der Waals surface area contributed by atoms with E-state index in [1.807, 2.05) is 18.2 Å². The number of hydrogen-bond donors (Lipinski definition) is 2. The Hall–Kier alpha value is -1.68. The molecule has 1 amide bonds. The van der Waals surface area contributed by atoms with Gasteiger partial charge in [-0.15, -0.1) is 0 Å². The first-order valence-corrected chi connectivity index (χ1v) is 8.47. The van der Waals surface area contributed by atoms with Crippen molar-refractivity contribution in [2.75, 3.05) is 6.61 Å². The molecule has 0 saturated carbocycles. The summed E-state index contributed by atoms with van der Waals surface area (Å²) in [5.41, 5.74) is 2.10. The molecule has 1 aliphatic rings. The number of allylic oxidation sites excluding steroid dienone is 1. The molecule has 1 aliphatic carbocycles. The van der Waals surface area contributed by atoms with Crippen LogP contribution in [0.1, 0.15) is 39.3 Å². The van der Waals surface area contributed by atoms with Gasteiger partial charge in [0.15, 0.2) is 0 Å². The lowest BCUT2D eigenvalue weighted by atomic mass is 9.70. The molecule has 0 saturated heterocycles. The van der Waals surface area contributed by atoms with Crippen LogP contribution in [-0.2, 0) is 11.3 Å². The van der Waals surface area contributed by atoms with E-state index in [1.54, 1.807) is 6.20 Å². The van der Waals surface area contributed by atoms with Crippen LogP contribution in [0.2, 0.25) is 0 Å². The molecule has 0 radical (unpaired) electrons. The molecule has 126 valence electrons. The number of aliphatic hydroxyl groups excluding tert-OH is 1. The van der Waals surface area contributed by atoms with Gasteiger partial charge >= 0.3 is 0 Å². The number of rotatable bonds is 6. The molecule has 0 fully saturated rings. The molecule has 2 rings (SSSR count). The average Bonchev–Trinajstić information content (AvgIpc) is 2.55. The van der Waals surface area contributed by atoms with Gasteiger partial charge in [-0.3, -0.25) is 9.78 Å². The van der Waals surface area contributed by atoms with E-state index < -0.39 is 0 Å². The Bertz CT molecular complexity index is 540. The van der Waals surface area contributed by atoms with Gasteiger partial charge < -0.3 is 10.4 Å². The van der Waals surface area contributed by atoms with Crippen molar-refractivity contribution in [3.8, 4) is 0 Å². The monoisotopic (exact) mass is 316 g/mol. The van der Waals surface area contributed by atoms with Gasteiger partial charge in [0.25, 0.3) is 0 Å². The third kappa shape index (κ3) is 4.90. The predicted molar refractivity (Wildman–Crippen MR) is 91.5 cm³/mol. The van der Waals surface area contributed by atoms with E-state index in [1.165, 1.54) is 5.57 Å². The number of pyridine rings is 1. The Morgan fingerprint density at radius 2 is 2.22 bits per heavy atom. The minimum atomic E-state index is 0.0679. The fourth-order valence-electron chi connectivity index (χ4n) is 3.47. The molecule has 1 aromatic heterocycles. The standard InChI is InChI=1S/C19H28N2O2/c1-13(2)18-9-15(14(3)8-16(18)12-22)10-19(23)21-11-17-6-4-5-7-20-17/h4-8,13,15-16,18,22H,9-12H2,1-3H3,(H,21,23). The summed E-state index contributed by atoms with van der Waals surface area (Å²) in [5, 5.41) is 12.5. The number of hydrogen-bond acceptors (Lipinski definition) is 3. The molecule has 23 heavy (non-hydrogen) atoms. The van der Waals surface area contributed by atoms with Crippen molar-refractivity contribution < 1.29 is 9.90 Å². The smallest absolute Gasteiger partial charge is 0.220 e. The summed E-state index contributed by atoms with van der Waals surface area (Å²) in [7, 11) is 0. The molecule has 3 atom stereocenters. The minimum absolute atomic E-state index is 0.0679. The van der Waals surface area contributed by atoms with E-state index in [-0.39, 0.29) is 24.3 Å². The topological polar surface area (TPSA) is 62.2 Å². The van der Waals surface area contributed by atoms with Crippen molar-refractivity contribution in [1.29, 1.82) is 0 Å². The predicted octanol–water partition coefficient (Wildman–Crippen LogP) is 2.93. The maximum atomic E-state index is 12.2. The average molecular weight is 316 g/mol. The lowest BCUT2D eigenvalue weighted by Gasteiger charge is -2.36. The molecule has 2 N–H and O–H groups in total. The largest absolute Gasteiger partial charge is 0.396 e. The van der Waals surface area contributed by atoms with Gasteiger partial charge in [0, 0.05) is 25.1 Å². The molecular weight excluding hydrogens is 288 g/mol. The number of carbonyl (C=O) groups excluding carboxylic acids is 1. The van der Waals surface area contributed by atoms with Crippen LogP contribution in [0.5, 0.6) is 0 Å². The van der Waals surface area contributed by atoms with Crippen LogP contribution in [0.4, 0.5) is 0 Å². The Morgan fingerprint density at radius 1 is 1.43 bits per heavy atom. The van der Waals surface area contributed by atoms with Crippen molar-refractivity contribution in [1.82, 2.24) is 10.3 Å². The molecule has 0 bridgehead atoms. The first-order chi connectivity index (χ1) is 11.0. The van der Waals surface area contributed by atoms with Crippen molar-refractivity contribution >= 4 is 5.91 Å². The number of aromatic nitrogens is 1. The summed E-state index contributed by atoms with van der Waals surface area (Å²) >= 11 is 0. The first-order valence-electron chi connectivity index (χ1n) is 8.47. The summed E-state index contributed by atoms with van der Waals surface area (Å²) in [4.78, 5) is 16.5. The molecule has 4 heteroatoms. The molecular formula is C19H28N2O2. The van der Waals surface area contributed by atoms with Crippen molar-refractivity contribution in [3.05, 3.63) is 41.7 Å². The number of carbonyl (C=O) groups is 1. The number of nitrogens with zero attached hydrogens (tertiary/aromatic N) is 1. The third-order valence-corrected chi connectivity index (χ3v) is 4.92. The fourth-order valence-corrected chi connectivity index (χ4v) is 3.47. The summed E-state index contributed by atoms with van der Waals surface area (Å²) < 4.78 is 0.